The van der Waals surface area contributed by atoms with Crippen LogP contribution in [-0.2, 0) is 4.79 Å². The van der Waals surface area contributed by atoms with Crippen LogP contribution in [0.1, 0.15) is 43.1 Å². The SMILES string of the molecule is CCCC1(C(=O)O)CCCN(C(=O)c2csc(NC)n2)C1. The summed E-state index contributed by atoms with van der Waals surface area (Å²) < 4.78 is 0. The van der Waals surface area contributed by atoms with Crippen molar-refractivity contribution in [3.8, 4) is 0 Å². The zero-order valence-corrected chi connectivity index (χ0v) is 13.2. The molecule has 1 aliphatic rings. The normalized spacial score (nSPS) is 22.1. The van der Waals surface area contributed by atoms with Crippen molar-refractivity contribution in [1.82, 2.24) is 9.88 Å². The Morgan fingerprint density at radius 2 is 2.33 bits per heavy atom. The molecule has 1 amide bonds. The van der Waals surface area contributed by atoms with Crippen molar-refractivity contribution >= 4 is 28.3 Å². The van der Waals surface area contributed by atoms with E-state index in [4.69, 9.17) is 0 Å². The molecular weight excluding hydrogens is 290 g/mol. The minimum atomic E-state index is -0.801. The number of likely N-dealkylation sites (tertiary alicyclic amines) is 1. The van der Waals surface area contributed by atoms with Gasteiger partial charge in [0, 0.05) is 25.5 Å². The van der Waals surface area contributed by atoms with Crippen LogP contribution in [0.15, 0.2) is 5.38 Å². The monoisotopic (exact) mass is 311 g/mol. The van der Waals surface area contributed by atoms with E-state index in [1.54, 1.807) is 17.3 Å². The Labute approximate surface area is 128 Å². The Kier molecular flexibility index (Phi) is 4.82. The molecule has 0 aliphatic carbocycles. The first kappa shape index (κ1) is 15.8. The van der Waals surface area contributed by atoms with E-state index in [1.807, 2.05) is 6.92 Å². The summed E-state index contributed by atoms with van der Waals surface area (Å²) in [5.74, 6) is -0.967. The number of piperidine rings is 1. The molecule has 1 aliphatic heterocycles. The van der Waals surface area contributed by atoms with Crippen LogP contribution in [0.25, 0.3) is 0 Å². The number of hydrogen-bond donors (Lipinski definition) is 2. The average Bonchev–Trinajstić information content (AvgIpc) is 2.96. The fraction of sp³-hybridized carbons (Fsp3) is 0.643. The molecule has 116 valence electrons. The Bertz CT molecular complexity index is 527. The maximum atomic E-state index is 12.5. The Morgan fingerprint density at radius 3 is 2.90 bits per heavy atom. The molecule has 1 fully saturated rings. The molecular formula is C14H21N3O3S. The fourth-order valence-corrected chi connectivity index (χ4v) is 3.56. The number of aliphatic carboxylic acids is 1. The maximum absolute atomic E-state index is 12.5. The molecule has 1 aromatic heterocycles. The molecule has 0 aromatic carbocycles. The summed E-state index contributed by atoms with van der Waals surface area (Å²) in [4.78, 5) is 30.0. The summed E-state index contributed by atoms with van der Waals surface area (Å²) in [5, 5.41) is 14.9. The third kappa shape index (κ3) is 3.18. The molecule has 0 spiro atoms. The Balaban J connectivity index is 2.16. The van der Waals surface area contributed by atoms with E-state index in [1.165, 1.54) is 11.3 Å². The summed E-state index contributed by atoms with van der Waals surface area (Å²) in [6.07, 6.45) is 2.76. The van der Waals surface area contributed by atoms with Crippen LogP contribution in [0.3, 0.4) is 0 Å². The van der Waals surface area contributed by atoms with Crippen LogP contribution in [0, 0.1) is 5.41 Å². The summed E-state index contributed by atoms with van der Waals surface area (Å²) >= 11 is 1.37. The summed E-state index contributed by atoms with van der Waals surface area (Å²) in [5.41, 5.74) is -0.410. The van der Waals surface area contributed by atoms with Crippen LogP contribution in [0.5, 0.6) is 0 Å². The van der Waals surface area contributed by atoms with Gasteiger partial charge >= 0.3 is 5.97 Å². The zero-order valence-electron chi connectivity index (χ0n) is 12.4. The molecule has 2 rings (SSSR count). The number of carboxylic acids is 1. The van der Waals surface area contributed by atoms with Gasteiger partial charge in [0.1, 0.15) is 5.69 Å². The number of rotatable bonds is 5. The fourth-order valence-electron chi connectivity index (χ4n) is 2.92. The first-order valence-corrected chi connectivity index (χ1v) is 8.06. The molecule has 1 aromatic rings. The van der Waals surface area contributed by atoms with Gasteiger partial charge in [-0.1, -0.05) is 13.3 Å². The van der Waals surface area contributed by atoms with Crippen molar-refractivity contribution in [2.45, 2.75) is 32.6 Å². The quantitative estimate of drug-likeness (QED) is 0.872. The third-order valence-electron chi connectivity index (χ3n) is 3.98. The lowest BCUT2D eigenvalue weighted by Gasteiger charge is -2.39. The van der Waals surface area contributed by atoms with E-state index < -0.39 is 11.4 Å². The number of nitrogens with one attached hydrogen (secondary N) is 1. The number of carbonyl (C=O) groups is 2. The predicted molar refractivity (Wildman–Crippen MR) is 81.8 cm³/mol. The van der Waals surface area contributed by atoms with Gasteiger partial charge in [0.15, 0.2) is 5.13 Å². The second-order valence-corrected chi connectivity index (χ2v) is 6.31. The lowest BCUT2D eigenvalue weighted by Crippen LogP contribution is -2.50. The molecule has 0 radical (unpaired) electrons. The molecule has 2 heterocycles. The van der Waals surface area contributed by atoms with E-state index in [-0.39, 0.29) is 12.5 Å². The second-order valence-electron chi connectivity index (χ2n) is 5.45. The highest BCUT2D eigenvalue weighted by molar-refractivity contribution is 7.13. The largest absolute Gasteiger partial charge is 0.481 e. The summed E-state index contributed by atoms with van der Waals surface area (Å²) in [6, 6.07) is 0. The van der Waals surface area contributed by atoms with Crippen molar-refractivity contribution in [2.75, 3.05) is 25.5 Å². The molecule has 7 heteroatoms. The van der Waals surface area contributed by atoms with Gasteiger partial charge in [0.25, 0.3) is 5.91 Å². The number of thiazole rings is 1. The Morgan fingerprint density at radius 1 is 1.57 bits per heavy atom. The molecule has 2 N–H and O–H groups in total. The van der Waals surface area contributed by atoms with Gasteiger partial charge < -0.3 is 15.3 Å². The standard InChI is InChI=1S/C14H21N3O3S/c1-3-5-14(12(19)20)6-4-7-17(9-14)11(18)10-8-21-13(15-2)16-10/h8H,3-7,9H2,1-2H3,(H,15,16)(H,19,20). The summed E-state index contributed by atoms with van der Waals surface area (Å²) in [6.45, 7) is 2.86. The minimum Gasteiger partial charge on any atom is -0.481 e. The average molecular weight is 311 g/mol. The summed E-state index contributed by atoms with van der Waals surface area (Å²) in [7, 11) is 1.75. The topological polar surface area (TPSA) is 82.5 Å². The van der Waals surface area contributed by atoms with Gasteiger partial charge in [-0.2, -0.15) is 0 Å². The van der Waals surface area contributed by atoms with Gasteiger partial charge in [0.05, 0.1) is 5.41 Å². The second kappa shape index (κ2) is 6.43. The zero-order chi connectivity index (χ0) is 15.5. The number of carboxylic acid groups (broad SMARTS) is 1. The molecule has 21 heavy (non-hydrogen) atoms. The number of carbonyl (C=O) groups excluding carboxylic acids is 1. The van der Waals surface area contributed by atoms with Crippen LogP contribution in [0.2, 0.25) is 0 Å². The smallest absolute Gasteiger partial charge is 0.311 e. The van der Waals surface area contributed by atoms with E-state index in [0.717, 1.165) is 12.8 Å². The first-order chi connectivity index (χ1) is 10.0. The van der Waals surface area contributed by atoms with Crippen molar-refractivity contribution in [3.05, 3.63) is 11.1 Å². The van der Waals surface area contributed by atoms with Crippen LogP contribution >= 0.6 is 11.3 Å². The van der Waals surface area contributed by atoms with Crippen LogP contribution in [0.4, 0.5) is 5.13 Å². The van der Waals surface area contributed by atoms with E-state index in [0.29, 0.717) is 30.2 Å². The van der Waals surface area contributed by atoms with Crippen molar-refractivity contribution in [2.24, 2.45) is 5.41 Å². The van der Waals surface area contributed by atoms with E-state index >= 15 is 0 Å². The highest BCUT2D eigenvalue weighted by Crippen LogP contribution is 2.35. The van der Waals surface area contributed by atoms with Gasteiger partial charge in [-0.3, -0.25) is 9.59 Å². The van der Waals surface area contributed by atoms with Gasteiger partial charge in [-0.05, 0) is 19.3 Å². The number of aromatic nitrogens is 1. The highest BCUT2D eigenvalue weighted by Gasteiger charge is 2.43. The van der Waals surface area contributed by atoms with Gasteiger partial charge in [-0.25, -0.2) is 4.98 Å². The van der Waals surface area contributed by atoms with E-state index in [2.05, 4.69) is 10.3 Å². The van der Waals surface area contributed by atoms with E-state index in [9.17, 15) is 14.7 Å². The minimum absolute atomic E-state index is 0.172. The maximum Gasteiger partial charge on any atom is 0.311 e. The van der Waals surface area contributed by atoms with Gasteiger partial charge in [-0.15, -0.1) is 11.3 Å². The Hall–Kier alpha value is -1.63. The number of anilines is 1. The molecule has 1 atom stereocenters. The van der Waals surface area contributed by atoms with Crippen molar-refractivity contribution < 1.29 is 14.7 Å². The van der Waals surface area contributed by atoms with Crippen molar-refractivity contribution in [3.63, 3.8) is 0 Å². The lowest BCUT2D eigenvalue weighted by atomic mass is 9.76. The number of hydrogen-bond acceptors (Lipinski definition) is 5. The number of nitrogens with zero attached hydrogens (tertiary/aromatic N) is 2. The molecule has 0 saturated carbocycles. The highest BCUT2D eigenvalue weighted by atomic mass is 32.1. The van der Waals surface area contributed by atoms with Crippen molar-refractivity contribution in [1.29, 1.82) is 0 Å². The lowest BCUT2D eigenvalue weighted by molar-refractivity contribution is -0.152. The predicted octanol–water partition coefficient (Wildman–Crippen LogP) is 2.29. The molecule has 0 bridgehead atoms. The van der Waals surface area contributed by atoms with Crippen LogP contribution in [-0.4, -0.2) is 47.0 Å². The molecule has 1 saturated heterocycles. The number of amides is 1. The van der Waals surface area contributed by atoms with Crippen LogP contribution < -0.4 is 5.32 Å². The molecule has 1 unspecified atom stereocenters. The molecule has 6 nitrogen and oxygen atoms in total. The van der Waals surface area contributed by atoms with Gasteiger partial charge in [0.2, 0.25) is 0 Å². The first-order valence-electron chi connectivity index (χ1n) is 7.18. The third-order valence-corrected chi connectivity index (χ3v) is 4.84.